The van der Waals surface area contributed by atoms with Gasteiger partial charge in [0, 0.05) is 19.3 Å². The molecule has 1 N–H and O–H groups in total. The molecule has 0 saturated carbocycles. The van der Waals surface area contributed by atoms with Gasteiger partial charge in [-0.05, 0) is 48.2 Å². The number of nitrogens with zero attached hydrogens (tertiary/aromatic N) is 4. The molecule has 8 heteroatoms. The van der Waals surface area contributed by atoms with Gasteiger partial charge in [0.2, 0.25) is 0 Å². The topological polar surface area (TPSA) is 89.1 Å². The van der Waals surface area contributed by atoms with Crippen molar-refractivity contribution in [3.63, 3.8) is 0 Å². The zero-order valence-electron chi connectivity index (χ0n) is 18.9. The lowest BCUT2D eigenvalue weighted by Crippen LogP contribution is -2.49. The van der Waals surface area contributed by atoms with Gasteiger partial charge in [0.1, 0.15) is 17.6 Å². The van der Waals surface area contributed by atoms with Crippen molar-refractivity contribution in [3.8, 4) is 16.9 Å². The molecule has 174 valence electrons. The lowest BCUT2D eigenvalue weighted by atomic mass is 9.90. The fourth-order valence-corrected chi connectivity index (χ4v) is 4.53. The summed E-state index contributed by atoms with van der Waals surface area (Å²) in [7, 11) is 1.55. The molecule has 0 spiro atoms. The zero-order valence-corrected chi connectivity index (χ0v) is 18.9. The summed E-state index contributed by atoms with van der Waals surface area (Å²) in [4.78, 5) is 27.8. The number of piperidine rings is 1. The summed E-state index contributed by atoms with van der Waals surface area (Å²) in [5.41, 5.74) is 1.62. The number of aromatic nitrogens is 3. The largest absolute Gasteiger partial charge is 0.496 e. The van der Waals surface area contributed by atoms with E-state index in [1.807, 2.05) is 48.5 Å². The first kappa shape index (κ1) is 21.9. The number of carbonyl (C=O) groups is 1. The van der Waals surface area contributed by atoms with Crippen molar-refractivity contribution in [2.75, 3.05) is 20.2 Å². The summed E-state index contributed by atoms with van der Waals surface area (Å²) in [5, 5.41) is 15.4. The maximum absolute atomic E-state index is 13.4. The Morgan fingerprint density at radius 2 is 1.82 bits per heavy atom. The molecule has 2 aromatic carbocycles. The molecule has 3 heterocycles. The van der Waals surface area contributed by atoms with Crippen molar-refractivity contribution in [2.24, 2.45) is 0 Å². The first-order chi connectivity index (χ1) is 16.5. The molecular weight excluding hydrogens is 432 g/mol. The Hall–Kier alpha value is -3.91. The number of methoxy groups -OCH3 is 1. The van der Waals surface area contributed by atoms with Gasteiger partial charge in [0.15, 0.2) is 0 Å². The van der Waals surface area contributed by atoms with Crippen molar-refractivity contribution < 1.29 is 14.6 Å². The molecule has 1 amide bonds. The fourth-order valence-electron chi connectivity index (χ4n) is 4.53. The molecule has 2 aromatic heterocycles. The number of carbonyl (C=O) groups excluding carboxylic acids is 1. The molecule has 0 radical (unpaired) electrons. The van der Waals surface area contributed by atoms with Crippen LogP contribution in [0.2, 0.25) is 0 Å². The molecule has 1 aliphatic heterocycles. The van der Waals surface area contributed by atoms with Crippen LogP contribution in [0.3, 0.4) is 0 Å². The average Bonchev–Trinajstić information content (AvgIpc) is 3.36. The number of hydrogen-bond donors (Lipinski definition) is 1. The van der Waals surface area contributed by atoms with Crippen LogP contribution in [-0.4, -0.2) is 55.9 Å². The monoisotopic (exact) mass is 458 g/mol. The van der Waals surface area contributed by atoms with E-state index in [9.17, 15) is 14.7 Å². The van der Waals surface area contributed by atoms with Gasteiger partial charge < -0.3 is 14.7 Å². The second kappa shape index (κ2) is 8.79. The molecule has 4 aromatic rings. The molecule has 8 nitrogen and oxygen atoms in total. The number of likely N-dealkylation sites (tertiary alicyclic amines) is 1. The first-order valence-corrected chi connectivity index (χ1v) is 11.3. The summed E-state index contributed by atoms with van der Waals surface area (Å²) < 4.78 is 8.42. The van der Waals surface area contributed by atoms with E-state index in [1.165, 1.54) is 15.4 Å². The molecule has 0 atom stereocenters. The minimum Gasteiger partial charge on any atom is -0.496 e. The lowest BCUT2D eigenvalue weighted by molar-refractivity contribution is -0.0300. The standard InChI is InChI=1S/C26H26N4O4/c1-34-23-10-9-20(19-6-3-2-4-7-19)16-21(23)24(31)28-14-11-26(33,12-15-28)17-29-18-27-30-13-5-8-22(30)25(29)32/h2-10,13,16,18,33H,11-12,14-15,17H2,1H3. The highest BCUT2D eigenvalue weighted by atomic mass is 16.5. The van der Waals surface area contributed by atoms with E-state index in [0.29, 0.717) is 42.8 Å². The SMILES string of the molecule is COc1ccc(-c2ccccc2)cc1C(=O)N1CCC(O)(Cn2cnn3cccc3c2=O)CC1. The predicted molar refractivity (Wildman–Crippen MR) is 128 cm³/mol. The minimum absolute atomic E-state index is 0.134. The number of aliphatic hydroxyl groups is 1. The Morgan fingerprint density at radius 1 is 1.06 bits per heavy atom. The average molecular weight is 459 g/mol. The van der Waals surface area contributed by atoms with Crippen LogP contribution in [0, 0.1) is 0 Å². The maximum Gasteiger partial charge on any atom is 0.277 e. The molecule has 0 unspecified atom stereocenters. The summed E-state index contributed by atoms with van der Waals surface area (Å²) in [6.45, 7) is 0.891. The highest BCUT2D eigenvalue weighted by Gasteiger charge is 2.35. The van der Waals surface area contributed by atoms with Crippen LogP contribution in [0.4, 0.5) is 0 Å². The second-order valence-corrected chi connectivity index (χ2v) is 8.70. The van der Waals surface area contributed by atoms with Crippen LogP contribution in [-0.2, 0) is 6.54 Å². The fraction of sp³-hybridized carbons (Fsp3) is 0.269. The normalized spacial score (nSPS) is 15.4. The van der Waals surface area contributed by atoms with Crippen LogP contribution in [0.15, 0.2) is 78.0 Å². The van der Waals surface area contributed by atoms with Crippen LogP contribution in [0.5, 0.6) is 5.75 Å². The van der Waals surface area contributed by atoms with E-state index in [1.54, 1.807) is 30.3 Å². The smallest absolute Gasteiger partial charge is 0.277 e. The second-order valence-electron chi connectivity index (χ2n) is 8.70. The van der Waals surface area contributed by atoms with Gasteiger partial charge in [0.25, 0.3) is 11.5 Å². The number of hydrogen-bond acceptors (Lipinski definition) is 5. The van der Waals surface area contributed by atoms with Crippen molar-refractivity contribution >= 4 is 11.4 Å². The lowest BCUT2D eigenvalue weighted by Gasteiger charge is -2.38. The van der Waals surface area contributed by atoms with Crippen LogP contribution in [0.25, 0.3) is 16.6 Å². The predicted octanol–water partition coefficient (Wildman–Crippen LogP) is 2.84. The maximum atomic E-state index is 13.4. The van der Waals surface area contributed by atoms with Crippen molar-refractivity contribution in [3.05, 3.63) is 89.1 Å². The number of rotatable bonds is 5. The van der Waals surface area contributed by atoms with Gasteiger partial charge in [-0.15, -0.1) is 0 Å². The summed E-state index contributed by atoms with van der Waals surface area (Å²) in [6, 6.07) is 18.9. The van der Waals surface area contributed by atoms with Gasteiger partial charge in [-0.25, -0.2) is 4.52 Å². The highest BCUT2D eigenvalue weighted by molar-refractivity contribution is 5.98. The zero-order chi connectivity index (χ0) is 23.7. The molecule has 0 bridgehead atoms. The van der Waals surface area contributed by atoms with E-state index < -0.39 is 5.60 Å². The van der Waals surface area contributed by atoms with E-state index >= 15 is 0 Å². The third kappa shape index (κ3) is 4.08. The third-order valence-electron chi connectivity index (χ3n) is 6.51. The van der Waals surface area contributed by atoms with Gasteiger partial charge in [-0.1, -0.05) is 36.4 Å². The Bertz CT molecular complexity index is 1380. The van der Waals surface area contributed by atoms with Gasteiger partial charge in [-0.3, -0.25) is 14.2 Å². The number of fused-ring (bicyclic) bond motifs is 1. The molecule has 1 fully saturated rings. The molecule has 1 aliphatic rings. The van der Waals surface area contributed by atoms with Crippen LogP contribution < -0.4 is 10.3 Å². The Labute approximate surface area is 196 Å². The Balaban J connectivity index is 1.32. The van der Waals surface area contributed by atoms with E-state index in [4.69, 9.17) is 4.74 Å². The molecule has 34 heavy (non-hydrogen) atoms. The molecule has 1 saturated heterocycles. The van der Waals surface area contributed by atoms with Crippen molar-refractivity contribution in [1.29, 1.82) is 0 Å². The molecule has 0 aliphatic carbocycles. The molecule has 5 rings (SSSR count). The van der Waals surface area contributed by atoms with Crippen LogP contribution in [0.1, 0.15) is 23.2 Å². The van der Waals surface area contributed by atoms with Gasteiger partial charge in [-0.2, -0.15) is 5.10 Å². The summed E-state index contributed by atoms with van der Waals surface area (Å²) >= 11 is 0. The highest BCUT2D eigenvalue weighted by Crippen LogP contribution is 2.30. The van der Waals surface area contributed by atoms with Crippen molar-refractivity contribution in [2.45, 2.75) is 25.0 Å². The summed E-state index contributed by atoms with van der Waals surface area (Å²) in [6.07, 6.45) is 3.88. The summed E-state index contributed by atoms with van der Waals surface area (Å²) in [5.74, 6) is 0.383. The van der Waals surface area contributed by atoms with E-state index in [0.717, 1.165) is 11.1 Å². The first-order valence-electron chi connectivity index (χ1n) is 11.3. The van der Waals surface area contributed by atoms with Gasteiger partial charge in [0.05, 0.1) is 24.8 Å². The molecular formula is C26H26N4O4. The van der Waals surface area contributed by atoms with E-state index in [-0.39, 0.29) is 18.0 Å². The van der Waals surface area contributed by atoms with Crippen LogP contribution >= 0.6 is 0 Å². The Kier molecular flexibility index (Phi) is 5.67. The van der Waals surface area contributed by atoms with Gasteiger partial charge >= 0.3 is 0 Å². The van der Waals surface area contributed by atoms with Crippen molar-refractivity contribution in [1.82, 2.24) is 19.1 Å². The third-order valence-corrected chi connectivity index (χ3v) is 6.51. The Morgan fingerprint density at radius 3 is 2.56 bits per heavy atom. The number of ether oxygens (including phenoxy) is 1. The quantitative estimate of drug-likeness (QED) is 0.497. The van der Waals surface area contributed by atoms with E-state index in [2.05, 4.69) is 5.10 Å². The minimum atomic E-state index is -1.09. The number of amides is 1. The number of benzene rings is 2.